The largest absolute Gasteiger partial charge is 0.330 e. The van der Waals surface area contributed by atoms with E-state index in [1.54, 1.807) is 5.57 Å². The maximum absolute atomic E-state index is 5.68. The Balaban J connectivity index is 4.99. The second kappa shape index (κ2) is 32.4. The Bertz CT molecular complexity index is 529. The summed E-state index contributed by atoms with van der Waals surface area (Å²) >= 11 is 0. The topological polar surface area (TPSA) is 26.0 Å². The molecule has 0 radical (unpaired) electrons. The average Bonchev–Trinajstić information content (AvgIpc) is 2.93. The molecule has 0 aliphatic rings. The van der Waals surface area contributed by atoms with Crippen molar-refractivity contribution in [2.24, 2.45) is 11.7 Å². The monoisotopic (exact) mass is 530 g/mol. The van der Waals surface area contributed by atoms with Crippen LogP contribution >= 0.6 is 0 Å². The van der Waals surface area contributed by atoms with Crippen LogP contribution in [-0.4, -0.2) is 6.54 Å². The standard InChI is InChI=1S/C37H71N/c1-4-7-10-13-16-21-26-31-36(32-27-22-17-14-11-8-5-2)37(33-28-23-18-15-12-9-6-3)34-29-24-19-20-25-30-35-38/h16,18,21,23,31,37H,4-15,17,19-20,22,24-30,32-35,38H2,1-3H3/b21-16+,23-18+,36-31-. The molecular formula is C37H71N. The van der Waals surface area contributed by atoms with Gasteiger partial charge in [0, 0.05) is 0 Å². The highest BCUT2D eigenvalue weighted by molar-refractivity contribution is 5.10. The van der Waals surface area contributed by atoms with Crippen LogP contribution in [0.1, 0.15) is 188 Å². The number of nitrogens with two attached hydrogens (primary N) is 1. The van der Waals surface area contributed by atoms with E-state index in [9.17, 15) is 0 Å². The van der Waals surface area contributed by atoms with Gasteiger partial charge in [-0.25, -0.2) is 0 Å². The number of allylic oxidation sites excluding steroid dienone is 6. The zero-order valence-corrected chi connectivity index (χ0v) is 26.6. The fraction of sp³-hybridized carbons (Fsp3) is 0.838. The van der Waals surface area contributed by atoms with Crippen molar-refractivity contribution in [1.29, 1.82) is 0 Å². The Morgan fingerprint density at radius 2 is 1.00 bits per heavy atom. The zero-order chi connectivity index (χ0) is 27.8. The molecule has 0 bridgehead atoms. The van der Waals surface area contributed by atoms with Crippen molar-refractivity contribution < 1.29 is 0 Å². The molecule has 1 atom stereocenters. The molecule has 0 aromatic heterocycles. The lowest BCUT2D eigenvalue weighted by molar-refractivity contribution is 0.459. The number of hydrogen-bond acceptors (Lipinski definition) is 1. The van der Waals surface area contributed by atoms with Gasteiger partial charge in [0.1, 0.15) is 0 Å². The molecule has 0 saturated heterocycles. The molecule has 0 fully saturated rings. The molecule has 0 aromatic rings. The van der Waals surface area contributed by atoms with Gasteiger partial charge in [-0.05, 0) is 83.1 Å². The maximum Gasteiger partial charge on any atom is -0.00773 e. The second-order valence-corrected chi connectivity index (χ2v) is 11.8. The summed E-state index contributed by atoms with van der Waals surface area (Å²) in [6, 6.07) is 0. The average molecular weight is 530 g/mol. The normalized spacial score (nSPS) is 13.3. The van der Waals surface area contributed by atoms with E-state index in [2.05, 4.69) is 51.2 Å². The molecule has 0 spiro atoms. The van der Waals surface area contributed by atoms with Crippen LogP contribution in [0.4, 0.5) is 0 Å². The van der Waals surface area contributed by atoms with Crippen LogP contribution in [0.2, 0.25) is 0 Å². The van der Waals surface area contributed by atoms with E-state index in [1.807, 2.05) is 0 Å². The van der Waals surface area contributed by atoms with Crippen molar-refractivity contribution in [2.45, 2.75) is 188 Å². The van der Waals surface area contributed by atoms with E-state index in [-0.39, 0.29) is 0 Å². The van der Waals surface area contributed by atoms with E-state index in [0.717, 1.165) is 18.9 Å². The third-order valence-electron chi connectivity index (χ3n) is 8.08. The van der Waals surface area contributed by atoms with Gasteiger partial charge in [-0.3, -0.25) is 0 Å². The summed E-state index contributed by atoms with van der Waals surface area (Å²) in [5.41, 5.74) is 7.47. The van der Waals surface area contributed by atoms with Gasteiger partial charge in [0.15, 0.2) is 0 Å². The summed E-state index contributed by atoms with van der Waals surface area (Å²) < 4.78 is 0. The summed E-state index contributed by atoms with van der Waals surface area (Å²) in [7, 11) is 0. The van der Waals surface area contributed by atoms with E-state index >= 15 is 0 Å². The van der Waals surface area contributed by atoms with Crippen LogP contribution in [0.5, 0.6) is 0 Å². The van der Waals surface area contributed by atoms with Gasteiger partial charge in [-0.1, -0.05) is 153 Å². The van der Waals surface area contributed by atoms with E-state index in [1.165, 1.54) is 161 Å². The first-order valence-corrected chi connectivity index (χ1v) is 17.5. The predicted octanol–water partition coefficient (Wildman–Crippen LogP) is 12.8. The van der Waals surface area contributed by atoms with Crippen LogP contribution in [0.25, 0.3) is 0 Å². The Morgan fingerprint density at radius 3 is 1.63 bits per heavy atom. The molecule has 1 unspecified atom stereocenters. The molecule has 0 aliphatic heterocycles. The lowest BCUT2D eigenvalue weighted by Crippen LogP contribution is -2.06. The van der Waals surface area contributed by atoms with Gasteiger partial charge >= 0.3 is 0 Å². The smallest absolute Gasteiger partial charge is 0.00773 e. The van der Waals surface area contributed by atoms with Gasteiger partial charge < -0.3 is 5.73 Å². The lowest BCUT2D eigenvalue weighted by atomic mass is 9.85. The lowest BCUT2D eigenvalue weighted by Gasteiger charge is -2.21. The van der Waals surface area contributed by atoms with Crippen molar-refractivity contribution in [3.8, 4) is 0 Å². The van der Waals surface area contributed by atoms with E-state index in [4.69, 9.17) is 5.73 Å². The highest BCUT2D eigenvalue weighted by atomic mass is 14.5. The Labute approximate surface area is 241 Å². The summed E-state index contributed by atoms with van der Waals surface area (Å²) in [5, 5.41) is 0. The minimum absolute atomic E-state index is 0.785. The number of hydrogen-bond donors (Lipinski definition) is 1. The quantitative estimate of drug-likeness (QED) is 0.0726. The number of unbranched alkanes of at least 4 members (excludes halogenated alkanes) is 17. The predicted molar refractivity (Wildman–Crippen MR) is 176 cm³/mol. The van der Waals surface area contributed by atoms with E-state index < -0.39 is 0 Å². The Morgan fingerprint density at radius 1 is 0.500 bits per heavy atom. The van der Waals surface area contributed by atoms with Crippen LogP contribution in [0, 0.1) is 5.92 Å². The molecule has 38 heavy (non-hydrogen) atoms. The zero-order valence-electron chi connectivity index (χ0n) is 26.6. The molecule has 2 N–H and O–H groups in total. The first-order chi connectivity index (χ1) is 18.8. The molecule has 0 amide bonds. The van der Waals surface area contributed by atoms with Crippen molar-refractivity contribution in [3.63, 3.8) is 0 Å². The molecule has 0 aromatic carbocycles. The molecule has 0 aliphatic carbocycles. The highest BCUT2D eigenvalue weighted by Gasteiger charge is 2.13. The van der Waals surface area contributed by atoms with Crippen LogP contribution in [0.3, 0.4) is 0 Å². The van der Waals surface area contributed by atoms with Gasteiger partial charge in [-0.2, -0.15) is 0 Å². The maximum atomic E-state index is 5.68. The van der Waals surface area contributed by atoms with Crippen LogP contribution in [0.15, 0.2) is 36.0 Å². The highest BCUT2D eigenvalue weighted by Crippen LogP contribution is 2.29. The van der Waals surface area contributed by atoms with Gasteiger partial charge in [-0.15, -0.1) is 0 Å². The van der Waals surface area contributed by atoms with Gasteiger partial charge in [0.25, 0.3) is 0 Å². The summed E-state index contributed by atoms with van der Waals surface area (Å²) in [5.74, 6) is 0.785. The number of rotatable bonds is 30. The molecule has 0 heterocycles. The summed E-state index contributed by atoms with van der Waals surface area (Å²) in [6.45, 7) is 7.76. The van der Waals surface area contributed by atoms with Gasteiger partial charge in [0.2, 0.25) is 0 Å². The molecule has 0 saturated carbocycles. The molecular weight excluding hydrogens is 458 g/mol. The van der Waals surface area contributed by atoms with Crippen molar-refractivity contribution >= 4 is 0 Å². The Hall–Kier alpha value is -0.820. The summed E-state index contributed by atoms with van der Waals surface area (Å²) in [6.07, 6.45) is 47.5. The van der Waals surface area contributed by atoms with Crippen molar-refractivity contribution in [3.05, 3.63) is 36.0 Å². The third kappa shape index (κ3) is 26.8. The van der Waals surface area contributed by atoms with Crippen molar-refractivity contribution in [1.82, 2.24) is 0 Å². The first kappa shape index (κ1) is 37.2. The fourth-order valence-electron chi connectivity index (χ4n) is 5.51. The van der Waals surface area contributed by atoms with Gasteiger partial charge in [0.05, 0.1) is 0 Å². The Kier molecular flexibility index (Phi) is 31.7. The summed E-state index contributed by atoms with van der Waals surface area (Å²) in [4.78, 5) is 0. The first-order valence-electron chi connectivity index (χ1n) is 17.5. The molecule has 224 valence electrons. The minimum atomic E-state index is 0.785. The molecule has 1 nitrogen and oxygen atoms in total. The SMILES string of the molecule is CCCCC/C=C/C/C=C(/CCCCCCCCC)C(CC/C=C/CCCCC)CCCCCCCCN. The second-order valence-electron chi connectivity index (χ2n) is 11.8. The fourth-order valence-corrected chi connectivity index (χ4v) is 5.51. The van der Waals surface area contributed by atoms with Crippen LogP contribution in [-0.2, 0) is 0 Å². The molecule has 1 heteroatoms. The minimum Gasteiger partial charge on any atom is -0.330 e. The van der Waals surface area contributed by atoms with E-state index in [0.29, 0.717) is 0 Å². The van der Waals surface area contributed by atoms with Crippen LogP contribution < -0.4 is 5.73 Å². The molecule has 0 rings (SSSR count). The van der Waals surface area contributed by atoms with Crippen molar-refractivity contribution in [2.75, 3.05) is 6.54 Å². The third-order valence-corrected chi connectivity index (χ3v) is 8.08.